The fourth-order valence-electron chi connectivity index (χ4n) is 11.0. The molecule has 0 bridgehead atoms. The predicted octanol–water partition coefficient (Wildman–Crippen LogP) is 19.8. The lowest BCUT2D eigenvalue weighted by atomic mass is 9.85. The Balaban J connectivity index is 1.03. The number of fused-ring (bicyclic) bond motifs is 6. The number of hydrogen-bond donors (Lipinski definition) is 0. The Kier molecular flexibility index (Phi) is 10.6. The van der Waals surface area contributed by atoms with E-state index in [0.717, 1.165) is 28.2 Å². The summed E-state index contributed by atoms with van der Waals surface area (Å²) in [4.78, 5) is 2.43. The summed E-state index contributed by atoms with van der Waals surface area (Å²) in [5, 5.41) is 10.0. The van der Waals surface area contributed by atoms with Crippen LogP contribution in [0.15, 0.2) is 285 Å². The van der Waals surface area contributed by atoms with Gasteiger partial charge in [-0.25, -0.2) is 0 Å². The standard InChI is InChI=1S/C70H47N/c1-5-21-48(22-6-1)54-45-55(49-23-7-2-8-24-49)47-58(46-54)71(56-41-37-52(38-42-56)69-65-35-19-15-31-61(65)59-29-13-17-33-63(59)67(69)50-25-9-3-10-26-50)57-43-39-53(40-44-57)70-66-36-20-16-32-62(66)60-30-14-18-34-64(60)68(70)51-27-11-4-12-28-51/h1-47H. The lowest BCUT2D eigenvalue weighted by Gasteiger charge is -2.28. The third kappa shape index (κ3) is 7.53. The molecule has 0 aromatic heterocycles. The zero-order chi connectivity index (χ0) is 47.1. The molecule has 0 saturated carbocycles. The molecule has 0 spiro atoms. The smallest absolute Gasteiger partial charge is 0.0473 e. The number of hydrogen-bond acceptors (Lipinski definition) is 1. The van der Waals surface area contributed by atoms with Crippen molar-refractivity contribution in [2.45, 2.75) is 0 Å². The summed E-state index contributed by atoms with van der Waals surface area (Å²) < 4.78 is 0. The molecule has 332 valence electrons. The van der Waals surface area contributed by atoms with Crippen molar-refractivity contribution in [3.63, 3.8) is 0 Å². The van der Waals surface area contributed by atoms with Crippen molar-refractivity contribution in [2.75, 3.05) is 4.90 Å². The van der Waals surface area contributed by atoms with Crippen LogP contribution in [0.4, 0.5) is 17.1 Å². The number of benzene rings is 13. The van der Waals surface area contributed by atoms with Crippen LogP contribution in [0.1, 0.15) is 0 Å². The summed E-state index contributed by atoms with van der Waals surface area (Å²) in [6.45, 7) is 0. The molecule has 1 heteroatoms. The summed E-state index contributed by atoms with van der Waals surface area (Å²) >= 11 is 0. The van der Waals surface area contributed by atoms with Crippen molar-refractivity contribution in [3.05, 3.63) is 285 Å². The topological polar surface area (TPSA) is 3.24 Å². The van der Waals surface area contributed by atoms with Crippen LogP contribution in [0.2, 0.25) is 0 Å². The van der Waals surface area contributed by atoms with E-state index in [0.29, 0.717) is 0 Å². The number of rotatable bonds is 9. The van der Waals surface area contributed by atoms with Crippen LogP contribution in [-0.4, -0.2) is 0 Å². The summed E-state index contributed by atoms with van der Waals surface area (Å²) in [6.07, 6.45) is 0. The molecule has 13 rings (SSSR count). The average molecular weight is 902 g/mol. The molecule has 0 unspecified atom stereocenters. The first kappa shape index (κ1) is 41.9. The van der Waals surface area contributed by atoms with Gasteiger partial charge in [-0.1, -0.05) is 243 Å². The molecule has 0 heterocycles. The van der Waals surface area contributed by atoms with E-state index in [1.54, 1.807) is 0 Å². The Morgan fingerprint density at radius 3 is 0.690 bits per heavy atom. The molecular formula is C70H47N. The van der Waals surface area contributed by atoms with Crippen LogP contribution < -0.4 is 4.90 Å². The molecule has 0 N–H and O–H groups in total. The third-order valence-electron chi connectivity index (χ3n) is 14.2. The van der Waals surface area contributed by atoms with Gasteiger partial charge in [-0.3, -0.25) is 0 Å². The van der Waals surface area contributed by atoms with Crippen molar-refractivity contribution in [1.82, 2.24) is 0 Å². The summed E-state index contributed by atoms with van der Waals surface area (Å²) in [6, 6.07) is 104. The molecular weight excluding hydrogens is 855 g/mol. The molecule has 0 atom stereocenters. The van der Waals surface area contributed by atoms with Gasteiger partial charge in [-0.2, -0.15) is 0 Å². The van der Waals surface area contributed by atoms with Crippen LogP contribution in [0, 0.1) is 0 Å². The highest BCUT2D eigenvalue weighted by Gasteiger charge is 2.22. The molecule has 71 heavy (non-hydrogen) atoms. The van der Waals surface area contributed by atoms with E-state index in [9.17, 15) is 0 Å². The van der Waals surface area contributed by atoms with Crippen LogP contribution >= 0.6 is 0 Å². The molecule has 0 aliphatic carbocycles. The van der Waals surface area contributed by atoms with E-state index in [2.05, 4.69) is 290 Å². The minimum absolute atomic E-state index is 1.07. The highest BCUT2D eigenvalue weighted by atomic mass is 15.1. The van der Waals surface area contributed by atoms with Gasteiger partial charge in [-0.05, 0) is 152 Å². The second-order valence-electron chi connectivity index (χ2n) is 18.3. The van der Waals surface area contributed by atoms with Gasteiger partial charge in [0.05, 0.1) is 0 Å². The van der Waals surface area contributed by atoms with Crippen molar-refractivity contribution in [3.8, 4) is 66.8 Å². The van der Waals surface area contributed by atoms with Crippen molar-refractivity contribution in [2.24, 2.45) is 0 Å². The lowest BCUT2D eigenvalue weighted by molar-refractivity contribution is 1.28. The quantitative estimate of drug-likeness (QED) is 0.131. The molecule has 13 aromatic carbocycles. The lowest BCUT2D eigenvalue weighted by Crippen LogP contribution is -2.10. The Morgan fingerprint density at radius 2 is 0.394 bits per heavy atom. The monoisotopic (exact) mass is 901 g/mol. The van der Waals surface area contributed by atoms with E-state index in [4.69, 9.17) is 0 Å². The normalized spacial score (nSPS) is 11.4. The van der Waals surface area contributed by atoms with Gasteiger partial charge in [0.1, 0.15) is 0 Å². The molecule has 1 nitrogen and oxygen atoms in total. The number of anilines is 3. The number of nitrogens with zero attached hydrogens (tertiary/aromatic N) is 1. The van der Waals surface area contributed by atoms with Gasteiger partial charge in [0.15, 0.2) is 0 Å². The van der Waals surface area contributed by atoms with E-state index in [-0.39, 0.29) is 0 Å². The zero-order valence-corrected chi connectivity index (χ0v) is 39.1. The summed E-state index contributed by atoms with van der Waals surface area (Å²) in [5.41, 5.74) is 17.6. The Morgan fingerprint density at radius 1 is 0.155 bits per heavy atom. The summed E-state index contributed by atoms with van der Waals surface area (Å²) in [7, 11) is 0. The van der Waals surface area contributed by atoms with Gasteiger partial charge in [0, 0.05) is 17.1 Å². The van der Waals surface area contributed by atoms with E-state index in [1.807, 2.05) is 0 Å². The van der Waals surface area contributed by atoms with Gasteiger partial charge < -0.3 is 4.90 Å². The minimum Gasteiger partial charge on any atom is -0.310 e. The molecule has 0 aliphatic heterocycles. The molecule has 0 aliphatic rings. The van der Waals surface area contributed by atoms with Gasteiger partial charge in [0.25, 0.3) is 0 Å². The van der Waals surface area contributed by atoms with Gasteiger partial charge >= 0.3 is 0 Å². The Bertz CT molecular complexity index is 3790. The maximum Gasteiger partial charge on any atom is 0.0473 e. The fraction of sp³-hybridized carbons (Fsp3) is 0. The maximum atomic E-state index is 2.43. The summed E-state index contributed by atoms with van der Waals surface area (Å²) in [5.74, 6) is 0. The van der Waals surface area contributed by atoms with Crippen LogP contribution in [0.5, 0.6) is 0 Å². The van der Waals surface area contributed by atoms with E-state index >= 15 is 0 Å². The van der Waals surface area contributed by atoms with Crippen LogP contribution in [0.25, 0.3) is 110 Å². The highest BCUT2D eigenvalue weighted by molar-refractivity contribution is 6.23. The second-order valence-corrected chi connectivity index (χ2v) is 18.3. The van der Waals surface area contributed by atoms with Crippen molar-refractivity contribution < 1.29 is 0 Å². The van der Waals surface area contributed by atoms with Crippen LogP contribution in [-0.2, 0) is 0 Å². The van der Waals surface area contributed by atoms with Crippen molar-refractivity contribution in [1.29, 1.82) is 0 Å². The minimum atomic E-state index is 1.07. The molecule has 0 fully saturated rings. The average Bonchev–Trinajstić information content (AvgIpc) is 3.46. The Labute approximate surface area is 414 Å². The first-order valence-electron chi connectivity index (χ1n) is 24.5. The van der Waals surface area contributed by atoms with Gasteiger partial charge in [0.2, 0.25) is 0 Å². The first-order chi connectivity index (χ1) is 35.2. The molecule has 13 aromatic rings. The SMILES string of the molecule is c1ccc(-c2cc(-c3ccccc3)cc(N(c3ccc(-c4c(-c5ccccc5)c5ccccc5c5ccccc45)cc3)c3ccc(-c4c(-c5ccccc5)c5ccccc5c5ccccc45)cc3)c2)cc1. The fourth-order valence-corrected chi connectivity index (χ4v) is 11.0. The van der Waals surface area contributed by atoms with Crippen molar-refractivity contribution >= 4 is 60.2 Å². The largest absolute Gasteiger partial charge is 0.310 e. The van der Waals surface area contributed by atoms with E-state index in [1.165, 1.54) is 98.7 Å². The van der Waals surface area contributed by atoms with Crippen LogP contribution in [0.3, 0.4) is 0 Å². The Hall–Kier alpha value is -9.30. The highest BCUT2D eigenvalue weighted by Crippen LogP contribution is 2.48. The zero-order valence-electron chi connectivity index (χ0n) is 39.1. The molecule has 0 radical (unpaired) electrons. The predicted molar refractivity (Wildman–Crippen MR) is 304 cm³/mol. The first-order valence-corrected chi connectivity index (χ1v) is 24.5. The third-order valence-corrected chi connectivity index (χ3v) is 14.2. The van der Waals surface area contributed by atoms with Gasteiger partial charge in [-0.15, -0.1) is 0 Å². The molecule has 0 amide bonds. The van der Waals surface area contributed by atoms with E-state index < -0.39 is 0 Å². The maximum absolute atomic E-state index is 2.43. The second kappa shape index (κ2) is 18.0. The molecule has 0 saturated heterocycles.